The third kappa shape index (κ3) is 3.02. The Morgan fingerprint density at radius 3 is 3.00 bits per heavy atom. The van der Waals surface area contributed by atoms with Crippen molar-refractivity contribution in [2.75, 3.05) is 7.11 Å². The van der Waals surface area contributed by atoms with Gasteiger partial charge in [0, 0.05) is 30.8 Å². The van der Waals surface area contributed by atoms with E-state index in [1.54, 1.807) is 0 Å². The molecule has 0 spiro atoms. The van der Waals surface area contributed by atoms with Crippen LogP contribution in [-0.2, 0) is 22.6 Å². The Hall–Kier alpha value is -1.81. The van der Waals surface area contributed by atoms with Crippen LogP contribution in [0.15, 0.2) is 30.5 Å². The summed E-state index contributed by atoms with van der Waals surface area (Å²) in [5, 5.41) is 4.74. The van der Waals surface area contributed by atoms with Crippen LogP contribution in [0.2, 0.25) is 0 Å². The van der Waals surface area contributed by atoms with E-state index < -0.39 is 0 Å². The molecule has 1 aliphatic carbocycles. The molecule has 4 nitrogen and oxygen atoms in total. The maximum absolute atomic E-state index is 11.2. The minimum absolute atomic E-state index is 0.168. The summed E-state index contributed by atoms with van der Waals surface area (Å²) in [5.74, 6) is -0.168. The number of hydrogen-bond donors (Lipinski definition) is 1. The number of hydrogen-bond acceptors (Lipinski definition) is 3. The molecule has 1 aromatic carbocycles. The smallest absolute Gasteiger partial charge is 0.307 e. The minimum atomic E-state index is -0.168. The number of methoxy groups -OCH3 is 1. The number of esters is 1. The second kappa shape index (κ2) is 5.67. The van der Waals surface area contributed by atoms with Crippen LogP contribution in [0.4, 0.5) is 0 Å². The molecule has 1 aliphatic rings. The summed E-state index contributed by atoms with van der Waals surface area (Å²) in [6.07, 6.45) is 5.05. The van der Waals surface area contributed by atoms with E-state index >= 15 is 0 Å². The van der Waals surface area contributed by atoms with E-state index in [9.17, 15) is 4.79 Å². The molecule has 0 saturated heterocycles. The SMILES string of the molecule is COC(=O)CCn1ccc2ccc(CNC3CC3)cc21. The molecule has 3 rings (SSSR count). The topological polar surface area (TPSA) is 43.3 Å². The first-order valence-corrected chi connectivity index (χ1v) is 7.14. The molecular formula is C16H20N2O2. The lowest BCUT2D eigenvalue weighted by molar-refractivity contribution is -0.140. The number of carbonyl (C=O) groups is 1. The van der Waals surface area contributed by atoms with Crippen LogP contribution in [0.3, 0.4) is 0 Å². The van der Waals surface area contributed by atoms with Gasteiger partial charge < -0.3 is 14.6 Å². The number of benzene rings is 1. The summed E-state index contributed by atoms with van der Waals surface area (Å²) in [6, 6.07) is 9.33. The van der Waals surface area contributed by atoms with E-state index in [4.69, 9.17) is 4.74 Å². The van der Waals surface area contributed by atoms with Gasteiger partial charge in [0.1, 0.15) is 0 Å². The van der Waals surface area contributed by atoms with Gasteiger partial charge in [-0.15, -0.1) is 0 Å². The largest absolute Gasteiger partial charge is 0.469 e. The van der Waals surface area contributed by atoms with Crippen molar-refractivity contribution in [1.82, 2.24) is 9.88 Å². The predicted octanol–water partition coefficient (Wildman–Crippen LogP) is 2.46. The van der Waals surface area contributed by atoms with Crippen molar-refractivity contribution in [3.8, 4) is 0 Å². The average Bonchev–Trinajstić information content (AvgIpc) is 3.22. The van der Waals surface area contributed by atoms with Crippen LogP contribution < -0.4 is 5.32 Å². The number of ether oxygens (including phenoxy) is 1. The highest BCUT2D eigenvalue weighted by atomic mass is 16.5. The lowest BCUT2D eigenvalue weighted by atomic mass is 10.1. The fourth-order valence-electron chi connectivity index (χ4n) is 2.40. The zero-order valence-corrected chi connectivity index (χ0v) is 11.8. The molecule has 1 saturated carbocycles. The van der Waals surface area contributed by atoms with E-state index in [1.807, 2.05) is 6.20 Å². The van der Waals surface area contributed by atoms with E-state index in [1.165, 1.54) is 36.4 Å². The molecular weight excluding hydrogens is 252 g/mol. The number of rotatable bonds is 6. The molecule has 1 aromatic heterocycles. The fraction of sp³-hybridized carbons (Fsp3) is 0.438. The van der Waals surface area contributed by atoms with Crippen LogP contribution in [-0.4, -0.2) is 23.7 Å². The highest BCUT2D eigenvalue weighted by Gasteiger charge is 2.19. The molecule has 0 bridgehead atoms. The van der Waals surface area contributed by atoms with Crippen molar-refractivity contribution in [3.63, 3.8) is 0 Å². The summed E-state index contributed by atoms with van der Waals surface area (Å²) in [7, 11) is 1.43. The highest BCUT2D eigenvalue weighted by Crippen LogP contribution is 2.21. The van der Waals surface area contributed by atoms with Crippen LogP contribution in [0.1, 0.15) is 24.8 Å². The quantitative estimate of drug-likeness (QED) is 0.821. The van der Waals surface area contributed by atoms with Crippen molar-refractivity contribution in [2.45, 2.75) is 38.4 Å². The van der Waals surface area contributed by atoms with Gasteiger partial charge in [0.05, 0.1) is 13.5 Å². The van der Waals surface area contributed by atoms with E-state index in [-0.39, 0.29) is 5.97 Å². The van der Waals surface area contributed by atoms with E-state index in [0.29, 0.717) is 13.0 Å². The maximum atomic E-state index is 11.2. The zero-order valence-electron chi connectivity index (χ0n) is 11.8. The monoisotopic (exact) mass is 272 g/mol. The number of nitrogens with zero attached hydrogens (tertiary/aromatic N) is 1. The third-order valence-corrected chi connectivity index (χ3v) is 3.80. The van der Waals surface area contributed by atoms with Gasteiger partial charge in [-0.2, -0.15) is 0 Å². The van der Waals surface area contributed by atoms with Gasteiger partial charge in [0.2, 0.25) is 0 Å². The molecule has 1 N–H and O–H groups in total. The first-order valence-electron chi connectivity index (χ1n) is 7.14. The first kappa shape index (κ1) is 13.2. The number of nitrogens with one attached hydrogen (secondary N) is 1. The van der Waals surface area contributed by atoms with Crippen LogP contribution in [0, 0.1) is 0 Å². The molecule has 2 aromatic rings. The van der Waals surface area contributed by atoms with Crippen molar-refractivity contribution in [2.24, 2.45) is 0 Å². The average molecular weight is 272 g/mol. The summed E-state index contributed by atoms with van der Waals surface area (Å²) in [6.45, 7) is 1.58. The molecule has 0 aliphatic heterocycles. The third-order valence-electron chi connectivity index (χ3n) is 3.80. The normalized spacial score (nSPS) is 14.7. The number of aromatic nitrogens is 1. The molecule has 0 unspecified atom stereocenters. The standard InChI is InChI=1S/C16H20N2O2/c1-20-16(19)7-9-18-8-6-13-3-2-12(10-15(13)18)11-17-14-4-5-14/h2-3,6,8,10,14,17H,4-5,7,9,11H2,1H3. The van der Waals surface area contributed by atoms with Gasteiger partial charge in [-0.1, -0.05) is 12.1 Å². The Labute approximate surface area is 118 Å². The van der Waals surface area contributed by atoms with Crippen molar-refractivity contribution >= 4 is 16.9 Å². The van der Waals surface area contributed by atoms with Crippen molar-refractivity contribution < 1.29 is 9.53 Å². The van der Waals surface area contributed by atoms with Crippen molar-refractivity contribution in [1.29, 1.82) is 0 Å². The molecule has 4 heteroatoms. The molecule has 0 atom stereocenters. The molecule has 1 heterocycles. The fourth-order valence-corrected chi connectivity index (χ4v) is 2.40. The summed E-state index contributed by atoms with van der Waals surface area (Å²) >= 11 is 0. The summed E-state index contributed by atoms with van der Waals surface area (Å²) in [4.78, 5) is 11.2. The Balaban J connectivity index is 1.73. The Kier molecular flexibility index (Phi) is 3.74. The highest BCUT2D eigenvalue weighted by molar-refractivity contribution is 5.81. The second-order valence-corrected chi connectivity index (χ2v) is 5.38. The molecule has 20 heavy (non-hydrogen) atoms. The van der Waals surface area contributed by atoms with Crippen molar-refractivity contribution in [3.05, 3.63) is 36.0 Å². The zero-order chi connectivity index (χ0) is 13.9. The van der Waals surface area contributed by atoms with Gasteiger partial charge in [0.15, 0.2) is 0 Å². The Morgan fingerprint density at radius 2 is 2.25 bits per heavy atom. The molecule has 1 fully saturated rings. The molecule has 0 radical (unpaired) electrons. The van der Waals surface area contributed by atoms with Gasteiger partial charge in [0.25, 0.3) is 0 Å². The Bertz CT molecular complexity index is 614. The van der Waals surface area contributed by atoms with Crippen LogP contribution >= 0.6 is 0 Å². The lowest BCUT2D eigenvalue weighted by Gasteiger charge is -2.07. The lowest BCUT2D eigenvalue weighted by Crippen LogP contribution is -2.15. The molecule has 0 amide bonds. The van der Waals surface area contributed by atoms with Crippen LogP contribution in [0.25, 0.3) is 10.9 Å². The molecule has 106 valence electrons. The first-order chi connectivity index (χ1) is 9.76. The predicted molar refractivity (Wildman–Crippen MR) is 78.4 cm³/mol. The summed E-state index contributed by atoms with van der Waals surface area (Å²) in [5.41, 5.74) is 2.48. The summed E-state index contributed by atoms with van der Waals surface area (Å²) < 4.78 is 6.81. The van der Waals surface area contributed by atoms with E-state index in [0.717, 1.165) is 12.6 Å². The number of carbonyl (C=O) groups excluding carboxylic acids is 1. The van der Waals surface area contributed by atoms with Gasteiger partial charge in [-0.3, -0.25) is 4.79 Å². The van der Waals surface area contributed by atoms with Gasteiger partial charge in [-0.05, 0) is 35.9 Å². The van der Waals surface area contributed by atoms with Gasteiger partial charge in [-0.25, -0.2) is 0 Å². The number of aryl methyl sites for hydroxylation is 1. The number of fused-ring (bicyclic) bond motifs is 1. The second-order valence-electron chi connectivity index (χ2n) is 5.38. The Morgan fingerprint density at radius 1 is 1.40 bits per heavy atom. The van der Waals surface area contributed by atoms with Gasteiger partial charge >= 0.3 is 5.97 Å². The maximum Gasteiger partial charge on any atom is 0.307 e. The minimum Gasteiger partial charge on any atom is -0.469 e. The van der Waals surface area contributed by atoms with Crippen LogP contribution in [0.5, 0.6) is 0 Å². The van der Waals surface area contributed by atoms with E-state index in [2.05, 4.69) is 34.1 Å².